The molecule has 0 atom stereocenters. The third kappa shape index (κ3) is 4.01. The molecule has 0 aromatic heterocycles. The van der Waals surface area contributed by atoms with E-state index >= 15 is 0 Å². The van der Waals surface area contributed by atoms with Crippen LogP contribution in [0.5, 0.6) is 0 Å². The lowest BCUT2D eigenvalue weighted by Gasteiger charge is -2.13. The number of nitrogen functional groups attached to an aromatic ring is 1. The molecule has 0 unspecified atom stereocenters. The lowest BCUT2D eigenvalue weighted by molar-refractivity contribution is -0.137. The Labute approximate surface area is 132 Å². The molecule has 0 saturated carbocycles. The van der Waals surface area contributed by atoms with E-state index in [-0.39, 0.29) is 5.56 Å². The molecular weight excluding hydrogens is 365 g/mol. The number of hydrogen-bond donors (Lipinski definition) is 2. The number of nitrogens with two attached hydrogens (primary N) is 1. The smallest absolute Gasteiger partial charge is 0.384 e. The fourth-order valence-corrected chi connectivity index (χ4v) is 3.19. The van der Waals surface area contributed by atoms with Crippen LogP contribution in [-0.4, -0.2) is 5.84 Å². The number of nitrogens with one attached hydrogen (secondary N) is 1. The molecule has 0 spiro atoms. The van der Waals surface area contributed by atoms with Gasteiger partial charge in [0.15, 0.2) is 0 Å². The van der Waals surface area contributed by atoms with Crippen molar-refractivity contribution in [2.24, 2.45) is 5.73 Å². The summed E-state index contributed by atoms with van der Waals surface area (Å²) in [7, 11) is 0. The molecule has 7 heteroatoms. The standard InChI is InChI=1S/C14H10BrF3N2S/c15-8-2-1-3-9(6-8)21-10-4-5-11(13(19)20)12(7-10)14(16,17)18/h1-7H,(H3,19,20). The monoisotopic (exact) mass is 374 g/mol. The van der Waals surface area contributed by atoms with Crippen LogP contribution >= 0.6 is 27.7 Å². The minimum absolute atomic E-state index is 0.305. The quantitative estimate of drug-likeness (QED) is 0.592. The summed E-state index contributed by atoms with van der Waals surface area (Å²) in [6, 6.07) is 11.0. The molecule has 2 rings (SSSR count). The summed E-state index contributed by atoms with van der Waals surface area (Å²) in [6.45, 7) is 0. The number of hydrogen-bond acceptors (Lipinski definition) is 2. The van der Waals surface area contributed by atoms with Gasteiger partial charge in [0, 0.05) is 19.8 Å². The summed E-state index contributed by atoms with van der Waals surface area (Å²) in [6.07, 6.45) is -4.55. The van der Waals surface area contributed by atoms with Crippen LogP contribution in [0.4, 0.5) is 13.2 Å². The predicted molar refractivity (Wildman–Crippen MR) is 80.7 cm³/mol. The Bertz CT molecular complexity index is 686. The second-order valence-electron chi connectivity index (χ2n) is 4.18. The highest BCUT2D eigenvalue weighted by Crippen LogP contribution is 2.37. The van der Waals surface area contributed by atoms with E-state index in [0.29, 0.717) is 4.90 Å². The second kappa shape index (κ2) is 6.11. The molecule has 0 saturated heterocycles. The molecule has 110 valence electrons. The van der Waals surface area contributed by atoms with Gasteiger partial charge in [0.25, 0.3) is 0 Å². The van der Waals surface area contributed by atoms with Crippen LogP contribution in [-0.2, 0) is 6.18 Å². The summed E-state index contributed by atoms with van der Waals surface area (Å²) >= 11 is 4.53. The molecule has 0 aliphatic rings. The van der Waals surface area contributed by atoms with Crippen LogP contribution in [0.1, 0.15) is 11.1 Å². The van der Waals surface area contributed by atoms with Crippen molar-refractivity contribution in [1.29, 1.82) is 5.41 Å². The first kappa shape index (κ1) is 15.9. The number of amidine groups is 1. The van der Waals surface area contributed by atoms with Crippen molar-refractivity contribution in [3.63, 3.8) is 0 Å². The lowest BCUT2D eigenvalue weighted by Crippen LogP contribution is -2.18. The second-order valence-corrected chi connectivity index (χ2v) is 6.24. The van der Waals surface area contributed by atoms with Crippen LogP contribution < -0.4 is 5.73 Å². The van der Waals surface area contributed by atoms with Crippen molar-refractivity contribution in [1.82, 2.24) is 0 Å². The van der Waals surface area contributed by atoms with Gasteiger partial charge in [-0.25, -0.2) is 0 Å². The third-order valence-electron chi connectivity index (χ3n) is 2.62. The van der Waals surface area contributed by atoms with Crippen LogP contribution in [0.3, 0.4) is 0 Å². The van der Waals surface area contributed by atoms with Gasteiger partial charge in [-0.1, -0.05) is 33.8 Å². The molecule has 0 aliphatic heterocycles. The highest BCUT2D eigenvalue weighted by molar-refractivity contribution is 9.10. The molecule has 0 bridgehead atoms. The van der Waals surface area contributed by atoms with Gasteiger partial charge in [0.05, 0.1) is 5.56 Å². The van der Waals surface area contributed by atoms with Crippen LogP contribution in [0, 0.1) is 5.41 Å². The Hall–Kier alpha value is -1.47. The van der Waals surface area contributed by atoms with Crippen LogP contribution in [0.25, 0.3) is 0 Å². The summed E-state index contributed by atoms with van der Waals surface area (Å²) < 4.78 is 39.9. The largest absolute Gasteiger partial charge is 0.417 e. The van der Waals surface area contributed by atoms with E-state index in [2.05, 4.69) is 15.9 Å². The Balaban J connectivity index is 2.40. The average molecular weight is 375 g/mol. The van der Waals surface area contributed by atoms with Crippen molar-refractivity contribution in [2.45, 2.75) is 16.0 Å². The van der Waals surface area contributed by atoms with Gasteiger partial charge in [-0.2, -0.15) is 13.2 Å². The lowest BCUT2D eigenvalue weighted by atomic mass is 10.1. The first-order valence-electron chi connectivity index (χ1n) is 5.76. The molecule has 21 heavy (non-hydrogen) atoms. The normalized spacial score (nSPS) is 11.4. The van der Waals surface area contributed by atoms with E-state index in [1.165, 1.54) is 23.9 Å². The molecule has 2 aromatic carbocycles. The molecule has 3 N–H and O–H groups in total. The average Bonchev–Trinajstić information content (AvgIpc) is 2.37. The van der Waals surface area contributed by atoms with Crippen molar-refractivity contribution in [3.8, 4) is 0 Å². The van der Waals surface area contributed by atoms with Gasteiger partial charge in [-0.15, -0.1) is 0 Å². The Kier molecular flexibility index (Phi) is 4.63. The van der Waals surface area contributed by atoms with Gasteiger partial charge < -0.3 is 5.73 Å². The maximum absolute atomic E-state index is 13.0. The molecule has 0 radical (unpaired) electrons. The zero-order valence-corrected chi connectivity index (χ0v) is 12.9. The molecule has 2 aromatic rings. The number of benzene rings is 2. The van der Waals surface area contributed by atoms with Crippen molar-refractivity contribution in [2.75, 3.05) is 0 Å². The van der Waals surface area contributed by atoms with Gasteiger partial charge >= 0.3 is 6.18 Å². The third-order valence-corrected chi connectivity index (χ3v) is 4.09. The van der Waals surface area contributed by atoms with Gasteiger partial charge in [-0.05, 0) is 36.4 Å². The topological polar surface area (TPSA) is 49.9 Å². The van der Waals surface area contributed by atoms with Gasteiger partial charge in [0.1, 0.15) is 5.84 Å². The van der Waals surface area contributed by atoms with Crippen LogP contribution in [0.2, 0.25) is 0 Å². The summed E-state index contributed by atoms with van der Waals surface area (Å²) in [5.74, 6) is -0.596. The first-order valence-corrected chi connectivity index (χ1v) is 7.37. The zero-order chi connectivity index (χ0) is 15.6. The van der Waals surface area contributed by atoms with E-state index in [4.69, 9.17) is 11.1 Å². The van der Waals surface area contributed by atoms with Crippen molar-refractivity contribution < 1.29 is 13.2 Å². The minimum atomic E-state index is -4.55. The van der Waals surface area contributed by atoms with Gasteiger partial charge in [0.2, 0.25) is 0 Å². The molecule has 0 heterocycles. The number of alkyl halides is 3. The molecule has 0 aliphatic carbocycles. The summed E-state index contributed by atoms with van der Waals surface area (Å²) in [4.78, 5) is 1.25. The Morgan fingerprint density at radius 2 is 1.76 bits per heavy atom. The van der Waals surface area contributed by atoms with E-state index in [1.807, 2.05) is 18.2 Å². The van der Waals surface area contributed by atoms with Gasteiger partial charge in [-0.3, -0.25) is 5.41 Å². The van der Waals surface area contributed by atoms with Crippen LogP contribution in [0.15, 0.2) is 56.7 Å². The molecular formula is C14H10BrF3N2S. The highest BCUT2D eigenvalue weighted by Gasteiger charge is 2.34. The number of halogens is 4. The number of rotatable bonds is 3. The summed E-state index contributed by atoms with van der Waals surface area (Å²) in [5.41, 5.74) is 4.01. The highest BCUT2D eigenvalue weighted by atomic mass is 79.9. The molecule has 2 nitrogen and oxygen atoms in total. The van der Waals surface area contributed by atoms with E-state index < -0.39 is 17.6 Å². The fraction of sp³-hybridized carbons (Fsp3) is 0.0714. The van der Waals surface area contributed by atoms with E-state index in [0.717, 1.165) is 15.4 Å². The summed E-state index contributed by atoms with van der Waals surface area (Å²) in [5, 5.41) is 7.24. The van der Waals surface area contributed by atoms with E-state index in [1.54, 1.807) is 6.07 Å². The maximum atomic E-state index is 13.0. The van der Waals surface area contributed by atoms with Crippen molar-refractivity contribution >= 4 is 33.5 Å². The fourth-order valence-electron chi connectivity index (χ4n) is 1.72. The SMILES string of the molecule is N=C(N)c1ccc(Sc2cccc(Br)c2)cc1C(F)(F)F. The predicted octanol–water partition coefficient (Wildman–Crippen LogP) is 4.90. The first-order chi connectivity index (χ1) is 9.77. The maximum Gasteiger partial charge on any atom is 0.417 e. The minimum Gasteiger partial charge on any atom is -0.384 e. The van der Waals surface area contributed by atoms with Crippen molar-refractivity contribution in [3.05, 3.63) is 58.1 Å². The zero-order valence-electron chi connectivity index (χ0n) is 10.5. The Morgan fingerprint density at radius 1 is 1.10 bits per heavy atom. The Morgan fingerprint density at radius 3 is 2.33 bits per heavy atom. The van der Waals surface area contributed by atoms with E-state index in [9.17, 15) is 13.2 Å². The molecule has 0 fully saturated rings. The molecule has 0 amide bonds.